The van der Waals surface area contributed by atoms with Crippen LogP contribution in [-0.2, 0) is 14.6 Å². The number of hydrogen-bond acceptors (Lipinski definition) is 8. The number of Topliss-reactive ketones (excluding diaryl/α,β-unsaturated/α-hetero) is 1. The van der Waals surface area contributed by atoms with Gasteiger partial charge in [0.05, 0.1) is 17.1 Å². The molecule has 1 aliphatic heterocycles. The lowest BCUT2D eigenvalue weighted by Crippen LogP contribution is -2.37. The van der Waals surface area contributed by atoms with Crippen molar-refractivity contribution < 1.29 is 17.9 Å². The average Bonchev–Trinajstić information content (AvgIpc) is 3.19. The van der Waals surface area contributed by atoms with E-state index in [2.05, 4.69) is 26.9 Å². The van der Waals surface area contributed by atoms with Crippen LogP contribution in [0.15, 0.2) is 41.7 Å². The van der Waals surface area contributed by atoms with Gasteiger partial charge in [0.2, 0.25) is 5.88 Å². The molecule has 1 saturated heterocycles. The summed E-state index contributed by atoms with van der Waals surface area (Å²) in [6.07, 6.45) is 6.88. The molecule has 176 valence electrons. The van der Waals surface area contributed by atoms with E-state index in [-0.39, 0.29) is 16.7 Å². The Morgan fingerprint density at radius 3 is 2.52 bits per heavy atom. The topological polar surface area (TPSA) is 107 Å². The first-order valence-electron chi connectivity index (χ1n) is 11.1. The van der Waals surface area contributed by atoms with E-state index in [0.717, 1.165) is 38.1 Å². The largest absolute Gasteiger partial charge is 0.438 e. The Hall–Kier alpha value is -2.85. The summed E-state index contributed by atoms with van der Waals surface area (Å²) in [7, 11) is -3.27. The molecule has 1 aliphatic rings. The molecule has 2 aromatic heterocycles. The fourth-order valence-electron chi connectivity index (χ4n) is 4.40. The van der Waals surface area contributed by atoms with Crippen LogP contribution in [0.2, 0.25) is 0 Å². The van der Waals surface area contributed by atoms with Gasteiger partial charge in [0.25, 0.3) is 0 Å². The molecule has 0 radical (unpaired) electrons. The number of aromatic nitrogens is 4. The maximum absolute atomic E-state index is 11.7. The van der Waals surface area contributed by atoms with Gasteiger partial charge < -0.3 is 14.4 Å². The van der Waals surface area contributed by atoms with E-state index < -0.39 is 9.84 Å². The van der Waals surface area contributed by atoms with Crippen LogP contribution in [0.25, 0.3) is 11.0 Å². The minimum Gasteiger partial charge on any atom is -0.438 e. The molecule has 1 unspecified atom stereocenters. The number of sulfone groups is 1. The van der Waals surface area contributed by atoms with Crippen LogP contribution in [-0.4, -0.2) is 64.7 Å². The second kappa shape index (κ2) is 9.56. The zero-order valence-electron chi connectivity index (χ0n) is 19.1. The van der Waals surface area contributed by atoms with E-state index in [1.807, 2.05) is 4.68 Å². The third-order valence-electron chi connectivity index (χ3n) is 5.93. The van der Waals surface area contributed by atoms with E-state index in [0.29, 0.717) is 29.4 Å². The molecule has 3 aromatic rings. The van der Waals surface area contributed by atoms with Crippen LogP contribution in [0.5, 0.6) is 11.6 Å². The van der Waals surface area contributed by atoms with Crippen molar-refractivity contribution in [3.8, 4) is 11.6 Å². The lowest BCUT2D eigenvalue weighted by atomic mass is 10.0. The van der Waals surface area contributed by atoms with Crippen molar-refractivity contribution in [3.63, 3.8) is 0 Å². The molecular formula is C23H29N5O4S. The Labute approximate surface area is 193 Å². The number of fused-ring (bicyclic) bond motifs is 1. The molecule has 1 aromatic carbocycles. The maximum Gasteiger partial charge on any atom is 0.233 e. The highest BCUT2D eigenvalue weighted by molar-refractivity contribution is 7.90. The minimum absolute atomic E-state index is 0.234. The lowest BCUT2D eigenvalue weighted by Gasteiger charge is -2.33. The first-order chi connectivity index (χ1) is 15.7. The average molecular weight is 472 g/mol. The van der Waals surface area contributed by atoms with E-state index in [9.17, 15) is 13.2 Å². The molecule has 0 bridgehead atoms. The number of carbonyl (C=O) groups excluding carboxylic acids is 1. The molecule has 0 amide bonds. The summed E-state index contributed by atoms with van der Waals surface area (Å²) in [6, 6.07) is 6.48. The highest BCUT2D eigenvalue weighted by atomic mass is 32.2. The summed E-state index contributed by atoms with van der Waals surface area (Å²) >= 11 is 0. The predicted octanol–water partition coefficient (Wildman–Crippen LogP) is 3.27. The number of ketones is 1. The number of hydrogen-bond donors (Lipinski definition) is 0. The van der Waals surface area contributed by atoms with Crippen LogP contribution in [0.3, 0.4) is 0 Å². The van der Waals surface area contributed by atoms with Gasteiger partial charge in [-0.25, -0.2) is 23.1 Å². The molecule has 0 spiro atoms. The molecular weight excluding hydrogens is 442 g/mol. The number of piperidine rings is 1. The van der Waals surface area contributed by atoms with E-state index in [1.54, 1.807) is 25.3 Å². The first kappa shape index (κ1) is 23.3. The first-order valence-corrected chi connectivity index (χ1v) is 13.0. The molecule has 3 heterocycles. The van der Waals surface area contributed by atoms with E-state index >= 15 is 0 Å². The normalized spacial score (nSPS) is 16.7. The molecule has 0 saturated carbocycles. The fourth-order valence-corrected chi connectivity index (χ4v) is 5.03. The van der Waals surface area contributed by atoms with Crippen LogP contribution in [0.1, 0.15) is 39.2 Å². The molecule has 9 nitrogen and oxygen atoms in total. The molecule has 1 atom stereocenters. The smallest absolute Gasteiger partial charge is 0.233 e. The molecule has 1 fully saturated rings. The van der Waals surface area contributed by atoms with Crippen molar-refractivity contribution in [2.75, 3.05) is 25.9 Å². The van der Waals surface area contributed by atoms with Crippen molar-refractivity contribution in [1.82, 2.24) is 24.6 Å². The van der Waals surface area contributed by atoms with Gasteiger partial charge in [0, 0.05) is 32.3 Å². The lowest BCUT2D eigenvalue weighted by molar-refractivity contribution is -0.117. The molecule has 10 heteroatoms. The minimum atomic E-state index is -3.27. The standard InChI is InChI=1S/C23H29N5O4S/c1-16(12-17(2)29)14-27-10-8-18(9-11-27)28-22-21(13-26-28)23(25-15-24-22)32-19-4-6-20(7-5-19)33(3,30)31/h4-7,13,15-16,18H,8-12,14H2,1-3H3. The summed E-state index contributed by atoms with van der Waals surface area (Å²) in [5.41, 5.74) is 0.719. The summed E-state index contributed by atoms with van der Waals surface area (Å²) in [5, 5.41) is 5.30. The van der Waals surface area contributed by atoms with Gasteiger partial charge in [0.1, 0.15) is 23.2 Å². The van der Waals surface area contributed by atoms with Crippen LogP contribution >= 0.6 is 0 Å². The second-order valence-electron chi connectivity index (χ2n) is 8.89. The van der Waals surface area contributed by atoms with E-state index in [4.69, 9.17) is 4.74 Å². The third-order valence-corrected chi connectivity index (χ3v) is 7.06. The number of likely N-dealkylation sites (tertiary alicyclic amines) is 1. The van der Waals surface area contributed by atoms with Crippen molar-refractivity contribution in [3.05, 3.63) is 36.8 Å². The van der Waals surface area contributed by atoms with Gasteiger partial charge in [0.15, 0.2) is 15.5 Å². The van der Waals surface area contributed by atoms with Gasteiger partial charge in [-0.2, -0.15) is 5.10 Å². The zero-order chi connectivity index (χ0) is 23.6. The molecule has 0 N–H and O–H groups in total. The SMILES string of the molecule is CC(=O)CC(C)CN1CCC(n2ncc3c(Oc4ccc(S(C)(=O)=O)cc4)ncnc32)CC1. The van der Waals surface area contributed by atoms with Gasteiger partial charge in [-0.05, 0) is 49.9 Å². The van der Waals surface area contributed by atoms with Crippen LogP contribution in [0, 0.1) is 5.92 Å². The van der Waals surface area contributed by atoms with Crippen molar-refractivity contribution >= 4 is 26.7 Å². The summed E-state index contributed by atoms with van der Waals surface area (Å²) < 4.78 is 31.2. The van der Waals surface area contributed by atoms with Crippen LogP contribution in [0.4, 0.5) is 0 Å². The second-order valence-corrected chi connectivity index (χ2v) is 10.9. The van der Waals surface area contributed by atoms with Crippen molar-refractivity contribution in [2.24, 2.45) is 5.92 Å². The Balaban J connectivity index is 1.45. The summed E-state index contributed by atoms with van der Waals surface area (Å²) in [6.45, 7) is 6.62. The van der Waals surface area contributed by atoms with Crippen molar-refractivity contribution in [2.45, 2.75) is 44.0 Å². The van der Waals surface area contributed by atoms with Crippen molar-refractivity contribution in [1.29, 1.82) is 0 Å². The van der Waals surface area contributed by atoms with E-state index in [1.165, 1.54) is 24.7 Å². The quantitative estimate of drug-likeness (QED) is 0.493. The van der Waals surface area contributed by atoms with Crippen LogP contribution < -0.4 is 4.74 Å². The van der Waals surface area contributed by atoms with Gasteiger partial charge in [-0.1, -0.05) is 6.92 Å². The number of ether oxygens (including phenoxy) is 1. The van der Waals surface area contributed by atoms with Gasteiger partial charge >= 0.3 is 0 Å². The monoisotopic (exact) mass is 471 g/mol. The zero-order valence-corrected chi connectivity index (χ0v) is 20.0. The Bertz CT molecular complexity index is 1230. The highest BCUT2D eigenvalue weighted by Crippen LogP contribution is 2.31. The molecule has 4 rings (SSSR count). The third kappa shape index (κ3) is 5.56. The Kier molecular flexibility index (Phi) is 6.76. The number of rotatable bonds is 8. The maximum atomic E-state index is 11.7. The van der Waals surface area contributed by atoms with Gasteiger partial charge in [-0.15, -0.1) is 0 Å². The fraction of sp³-hybridized carbons (Fsp3) is 0.478. The summed E-state index contributed by atoms with van der Waals surface area (Å²) in [4.78, 5) is 22.7. The Morgan fingerprint density at radius 1 is 1.18 bits per heavy atom. The summed E-state index contributed by atoms with van der Waals surface area (Å²) in [5.74, 6) is 1.48. The van der Waals surface area contributed by atoms with Gasteiger partial charge in [-0.3, -0.25) is 0 Å². The number of carbonyl (C=O) groups is 1. The Morgan fingerprint density at radius 2 is 1.88 bits per heavy atom. The highest BCUT2D eigenvalue weighted by Gasteiger charge is 2.25. The number of benzene rings is 1. The number of nitrogens with zero attached hydrogens (tertiary/aromatic N) is 5. The predicted molar refractivity (Wildman–Crippen MR) is 124 cm³/mol. The molecule has 0 aliphatic carbocycles. The molecule has 33 heavy (non-hydrogen) atoms.